The maximum Gasteiger partial charge on any atom is 0.270 e. The fraction of sp³-hybridized carbons (Fsp3) is 0.500. The molecule has 0 radical (unpaired) electrons. The van der Waals surface area contributed by atoms with E-state index in [-0.39, 0.29) is 5.69 Å². The fourth-order valence-electron chi connectivity index (χ4n) is 1.62. The highest BCUT2D eigenvalue weighted by molar-refractivity contribution is 6.31. The quantitative estimate of drug-likeness (QED) is 0.635. The zero-order valence-electron chi connectivity index (χ0n) is 10.4. The number of nitro groups is 1. The van der Waals surface area contributed by atoms with Crippen molar-refractivity contribution < 1.29 is 10.0 Å². The monoisotopic (exact) mass is 272 g/mol. The van der Waals surface area contributed by atoms with Gasteiger partial charge in [0.05, 0.1) is 16.0 Å². The second-order valence-corrected chi connectivity index (χ2v) is 5.15. The Bertz CT molecular complexity index is 451. The Hall–Kier alpha value is -1.17. The third kappa shape index (κ3) is 3.19. The van der Waals surface area contributed by atoms with Crippen LogP contribution in [-0.2, 0) is 6.42 Å². The van der Waals surface area contributed by atoms with Crippen LogP contribution >= 0.6 is 11.6 Å². The molecule has 2 unspecified atom stereocenters. The summed E-state index contributed by atoms with van der Waals surface area (Å²) < 4.78 is 0. The van der Waals surface area contributed by atoms with Gasteiger partial charge in [-0.2, -0.15) is 0 Å². The number of hydrogen-bond donors (Lipinski definition) is 2. The van der Waals surface area contributed by atoms with Crippen LogP contribution in [0.1, 0.15) is 19.4 Å². The molecule has 5 nitrogen and oxygen atoms in total. The molecule has 0 amide bonds. The van der Waals surface area contributed by atoms with E-state index in [1.165, 1.54) is 12.1 Å². The smallest absolute Gasteiger partial charge is 0.270 e. The number of nitrogens with two attached hydrogens (primary N) is 1. The number of benzene rings is 1. The summed E-state index contributed by atoms with van der Waals surface area (Å²) in [5.74, 6) is 0. The first-order chi connectivity index (χ1) is 8.30. The van der Waals surface area contributed by atoms with Crippen LogP contribution in [0.25, 0.3) is 0 Å². The number of nitrogens with zero attached hydrogens (tertiary/aromatic N) is 1. The largest absolute Gasteiger partial charge is 0.393 e. The van der Waals surface area contributed by atoms with E-state index in [0.717, 1.165) is 5.56 Å². The standard InChI is InChI=1S/C12H17ClN2O3/c1-8(16)12(2,7-14)6-9-3-4-10(15(17)18)5-11(9)13/h3-5,8,16H,6-7,14H2,1-2H3. The van der Waals surface area contributed by atoms with E-state index < -0.39 is 16.4 Å². The van der Waals surface area contributed by atoms with Gasteiger partial charge in [-0.1, -0.05) is 24.6 Å². The summed E-state index contributed by atoms with van der Waals surface area (Å²) in [4.78, 5) is 10.1. The highest BCUT2D eigenvalue weighted by atomic mass is 35.5. The molecule has 0 heterocycles. The van der Waals surface area contributed by atoms with Crippen molar-refractivity contribution in [2.45, 2.75) is 26.4 Å². The molecule has 2 atom stereocenters. The number of hydrogen-bond acceptors (Lipinski definition) is 4. The van der Waals surface area contributed by atoms with Crippen LogP contribution in [0.15, 0.2) is 18.2 Å². The summed E-state index contributed by atoms with van der Waals surface area (Å²) in [6, 6.07) is 4.33. The van der Waals surface area contributed by atoms with Gasteiger partial charge in [-0.3, -0.25) is 10.1 Å². The first-order valence-corrected chi connectivity index (χ1v) is 5.99. The van der Waals surface area contributed by atoms with Crippen LogP contribution in [0.4, 0.5) is 5.69 Å². The van der Waals surface area contributed by atoms with E-state index in [2.05, 4.69) is 0 Å². The molecule has 0 aromatic heterocycles. The number of halogens is 1. The van der Waals surface area contributed by atoms with Gasteiger partial charge < -0.3 is 10.8 Å². The summed E-state index contributed by atoms with van der Waals surface area (Å²) in [6.07, 6.45) is -0.119. The van der Waals surface area contributed by atoms with Crippen molar-refractivity contribution in [1.82, 2.24) is 0 Å². The Balaban J connectivity index is 3.02. The summed E-state index contributed by atoms with van der Waals surface area (Å²) in [6.45, 7) is 3.83. The predicted octanol–water partition coefficient (Wildman–Crippen LogP) is 2.14. The van der Waals surface area contributed by atoms with Crippen LogP contribution < -0.4 is 5.73 Å². The summed E-state index contributed by atoms with van der Waals surface area (Å²) in [5.41, 5.74) is 5.87. The molecule has 1 rings (SSSR count). The number of aliphatic hydroxyl groups is 1. The zero-order valence-corrected chi connectivity index (χ0v) is 11.1. The average Bonchev–Trinajstić information content (AvgIpc) is 2.31. The lowest BCUT2D eigenvalue weighted by molar-refractivity contribution is -0.384. The van der Waals surface area contributed by atoms with Crippen LogP contribution in [0.3, 0.4) is 0 Å². The Labute approximate surface area is 111 Å². The molecular formula is C12H17ClN2O3. The third-order valence-electron chi connectivity index (χ3n) is 3.32. The molecule has 18 heavy (non-hydrogen) atoms. The molecule has 3 N–H and O–H groups in total. The summed E-state index contributed by atoms with van der Waals surface area (Å²) in [7, 11) is 0. The number of rotatable bonds is 5. The van der Waals surface area contributed by atoms with Gasteiger partial charge in [0.1, 0.15) is 0 Å². The van der Waals surface area contributed by atoms with Gasteiger partial charge in [-0.25, -0.2) is 0 Å². The Kier molecular flexibility index (Phi) is 4.67. The van der Waals surface area contributed by atoms with Gasteiger partial charge in [0.15, 0.2) is 0 Å². The Morgan fingerprint density at radius 2 is 2.22 bits per heavy atom. The SMILES string of the molecule is CC(O)C(C)(CN)Cc1ccc([N+](=O)[O-])cc1Cl. The fourth-order valence-corrected chi connectivity index (χ4v) is 1.86. The Morgan fingerprint density at radius 3 is 2.61 bits per heavy atom. The van der Waals surface area contributed by atoms with E-state index in [4.69, 9.17) is 17.3 Å². The van der Waals surface area contributed by atoms with Crippen LogP contribution in [0, 0.1) is 15.5 Å². The molecule has 1 aromatic carbocycles. The lowest BCUT2D eigenvalue weighted by Gasteiger charge is -2.31. The molecule has 6 heteroatoms. The number of aliphatic hydroxyl groups excluding tert-OH is 1. The summed E-state index contributed by atoms with van der Waals surface area (Å²) >= 11 is 6.01. The highest BCUT2D eigenvalue weighted by Crippen LogP contribution is 2.31. The van der Waals surface area contributed by atoms with E-state index >= 15 is 0 Å². The molecule has 1 aromatic rings. The lowest BCUT2D eigenvalue weighted by Crippen LogP contribution is -2.39. The van der Waals surface area contributed by atoms with E-state index in [1.54, 1.807) is 13.0 Å². The number of non-ortho nitro benzene ring substituents is 1. The molecule has 0 aliphatic rings. The van der Waals surface area contributed by atoms with Gasteiger partial charge >= 0.3 is 0 Å². The van der Waals surface area contributed by atoms with Crippen molar-refractivity contribution in [2.24, 2.45) is 11.1 Å². The van der Waals surface area contributed by atoms with Crippen LogP contribution in [-0.4, -0.2) is 22.7 Å². The lowest BCUT2D eigenvalue weighted by atomic mass is 9.79. The van der Waals surface area contributed by atoms with Gasteiger partial charge in [-0.05, 0) is 18.9 Å². The zero-order chi connectivity index (χ0) is 13.9. The minimum absolute atomic E-state index is 0.0461. The normalized spacial score (nSPS) is 16.1. The molecule has 0 fully saturated rings. The van der Waals surface area contributed by atoms with Crippen molar-refractivity contribution in [3.8, 4) is 0 Å². The predicted molar refractivity (Wildman–Crippen MR) is 70.7 cm³/mol. The topological polar surface area (TPSA) is 89.4 Å². The molecular weight excluding hydrogens is 256 g/mol. The minimum atomic E-state index is -0.589. The van der Waals surface area contributed by atoms with Crippen LogP contribution in [0.2, 0.25) is 5.02 Å². The summed E-state index contributed by atoms with van der Waals surface area (Å²) in [5, 5.41) is 20.7. The first kappa shape index (κ1) is 14.9. The molecule has 100 valence electrons. The first-order valence-electron chi connectivity index (χ1n) is 5.61. The van der Waals surface area contributed by atoms with Gasteiger partial charge in [-0.15, -0.1) is 0 Å². The molecule has 0 saturated heterocycles. The number of nitro benzene ring substituents is 1. The molecule has 0 spiro atoms. The Morgan fingerprint density at radius 1 is 1.61 bits per heavy atom. The third-order valence-corrected chi connectivity index (χ3v) is 3.67. The van der Waals surface area contributed by atoms with Gasteiger partial charge in [0.25, 0.3) is 5.69 Å². The highest BCUT2D eigenvalue weighted by Gasteiger charge is 2.29. The molecule has 0 aliphatic heterocycles. The maximum absolute atomic E-state index is 10.6. The van der Waals surface area contributed by atoms with Crippen molar-refractivity contribution >= 4 is 17.3 Å². The molecule has 0 bridgehead atoms. The second-order valence-electron chi connectivity index (χ2n) is 4.74. The van der Waals surface area contributed by atoms with Crippen molar-refractivity contribution in [1.29, 1.82) is 0 Å². The van der Waals surface area contributed by atoms with Gasteiger partial charge in [0, 0.05) is 24.1 Å². The van der Waals surface area contributed by atoms with Crippen molar-refractivity contribution in [3.63, 3.8) is 0 Å². The van der Waals surface area contributed by atoms with Crippen molar-refractivity contribution in [3.05, 3.63) is 38.9 Å². The van der Waals surface area contributed by atoms with Crippen LogP contribution in [0.5, 0.6) is 0 Å². The van der Waals surface area contributed by atoms with Gasteiger partial charge in [0.2, 0.25) is 0 Å². The molecule has 0 saturated carbocycles. The second kappa shape index (κ2) is 5.65. The molecule has 0 aliphatic carbocycles. The van der Waals surface area contributed by atoms with E-state index in [0.29, 0.717) is 18.0 Å². The average molecular weight is 273 g/mol. The maximum atomic E-state index is 10.6. The minimum Gasteiger partial charge on any atom is -0.393 e. The van der Waals surface area contributed by atoms with E-state index in [9.17, 15) is 15.2 Å². The van der Waals surface area contributed by atoms with Crippen molar-refractivity contribution in [2.75, 3.05) is 6.54 Å². The van der Waals surface area contributed by atoms with E-state index in [1.807, 2.05) is 6.92 Å².